The highest BCUT2D eigenvalue weighted by Crippen LogP contribution is 1.95. The highest BCUT2D eigenvalue weighted by atomic mass is 16.5. The Balaban J connectivity index is 2.10. The van der Waals surface area contributed by atoms with Gasteiger partial charge in [-0.1, -0.05) is 0 Å². The molecule has 1 atom stereocenters. The Labute approximate surface area is 104 Å². The maximum atomic E-state index is 11.8. The molecule has 0 aliphatic carbocycles. The van der Waals surface area contributed by atoms with Crippen LogP contribution in [-0.2, 0) is 18.8 Å². The van der Waals surface area contributed by atoms with Crippen LogP contribution in [0.4, 0.5) is 5.82 Å². The van der Waals surface area contributed by atoms with Gasteiger partial charge in [0.1, 0.15) is 0 Å². The molecule has 1 aromatic heterocycles. The Morgan fingerprint density at radius 3 is 2.94 bits per heavy atom. The third-order valence-corrected chi connectivity index (χ3v) is 2.84. The quantitative estimate of drug-likeness (QED) is 0.642. The van der Waals surface area contributed by atoms with Crippen LogP contribution in [-0.4, -0.2) is 46.7 Å². The molecule has 2 rings (SSSR count). The lowest BCUT2D eigenvalue weighted by molar-refractivity contribution is 0.0806. The van der Waals surface area contributed by atoms with E-state index in [1.54, 1.807) is 0 Å². The summed E-state index contributed by atoms with van der Waals surface area (Å²) in [7, 11) is 2.94. The lowest BCUT2D eigenvalue weighted by Crippen LogP contribution is -2.46. The molecule has 8 nitrogen and oxygen atoms in total. The first-order valence-electron chi connectivity index (χ1n) is 5.79. The summed E-state index contributed by atoms with van der Waals surface area (Å²) in [5, 5.41) is 10.1. The number of aromatic nitrogens is 3. The second-order valence-corrected chi connectivity index (χ2v) is 4.23. The Hall–Kier alpha value is -1.67. The van der Waals surface area contributed by atoms with E-state index in [4.69, 9.17) is 4.74 Å². The number of nitrogens with zero attached hydrogens (tertiary/aromatic N) is 3. The third-order valence-electron chi connectivity index (χ3n) is 2.84. The van der Waals surface area contributed by atoms with Gasteiger partial charge in [0.25, 0.3) is 5.56 Å². The van der Waals surface area contributed by atoms with Gasteiger partial charge in [-0.25, -0.2) is 9.48 Å². The second kappa shape index (κ2) is 5.32. The average molecular weight is 255 g/mol. The van der Waals surface area contributed by atoms with Crippen LogP contribution in [0.3, 0.4) is 0 Å². The van der Waals surface area contributed by atoms with Crippen LogP contribution < -0.4 is 21.9 Å². The van der Waals surface area contributed by atoms with Crippen molar-refractivity contribution in [3.05, 3.63) is 20.8 Å². The lowest BCUT2D eigenvalue weighted by Gasteiger charge is -2.24. The molecule has 1 saturated heterocycles. The molecule has 1 aliphatic rings. The van der Waals surface area contributed by atoms with E-state index in [9.17, 15) is 9.59 Å². The number of anilines is 1. The van der Waals surface area contributed by atoms with Gasteiger partial charge in [-0.15, -0.1) is 5.10 Å². The van der Waals surface area contributed by atoms with Crippen molar-refractivity contribution in [3.63, 3.8) is 0 Å². The molecule has 2 N–H and O–H groups in total. The molecule has 1 unspecified atom stereocenters. The van der Waals surface area contributed by atoms with Gasteiger partial charge in [-0.2, -0.15) is 0 Å². The van der Waals surface area contributed by atoms with Gasteiger partial charge in [0, 0.05) is 33.2 Å². The van der Waals surface area contributed by atoms with Crippen molar-refractivity contribution in [3.8, 4) is 0 Å². The topological polar surface area (TPSA) is 90.2 Å². The molecule has 18 heavy (non-hydrogen) atoms. The van der Waals surface area contributed by atoms with E-state index in [-0.39, 0.29) is 11.9 Å². The predicted molar refractivity (Wildman–Crippen MR) is 65.8 cm³/mol. The minimum absolute atomic E-state index is 0.141. The van der Waals surface area contributed by atoms with Gasteiger partial charge in [-0.3, -0.25) is 9.36 Å². The summed E-state index contributed by atoms with van der Waals surface area (Å²) < 4.78 is 7.47. The molecule has 0 amide bonds. The monoisotopic (exact) mass is 255 g/mol. The average Bonchev–Trinajstić information content (AvgIpc) is 2.40. The molecule has 2 heterocycles. The number of aryl methyl sites for hydroxylation is 1. The molecule has 1 aromatic rings. The highest BCUT2D eigenvalue weighted by molar-refractivity contribution is 5.29. The zero-order valence-electron chi connectivity index (χ0n) is 10.5. The van der Waals surface area contributed by atoms with E-state index in [1.807, 2.05) is 0 Å². The van der Waals surface area contributed by atoms with E-state index in [0.717, 1.165) is 15.8 Å². The van der Waals surface area contributed by atoms with Crippen molar-refractivity contribution in [2.45, 2.75) is 6.04 Å². The zero-order chi connectivity index (χ0) is 13.1. The fourth-order valence-electron chi connectivity index (χ4n) is 1.78. The number of rotatable bonds is 3. The smallest absolute Gasteiger partial charge is 0.346 e. The van der Waals surface area contributed by atoms with E-state index in [2.05, 4.69) is 15.7 Å². The second-order valence-electron chi connectivity index (χ2n) is 4.23. The SMILES string of the molecule is Cn1nc(NCC2COCCN2)c(=O)n(C)c1=O. The number of morpholine rings is 1. The molecule has 0 saturated carbocycles. The summed E-state index contributed by atoms with van der Waals surface area (Å²) in [6, 6.07) is 0.141. The summed E-state index contributed by atoms with van der Waals surface area (Å²) in [4.78, 5) is 23.2. The van der Waals surface area contributed by atoms with E-state index in [0.29, 0.717) is 19.8 Å². The Bertz CT molecular complexity index is 529. The van der Waals surface area contributed by atoms with Gasteiger partial charge in [0.05, 0.1) is 13.2 Å². The van der Waals surface area contributed by atoms with Gasteiger partial charge in [-0.05, 0) is 0 Å². The Morgan fingerprint density at radius 2 is 2.28 bits per heavy atom. The van der Waals surface area contributed by atoms with Crippen LogP contribution in [0.1, 0.15) is 0 Å². The Morgan fingerprint density at radius 1 is 1.50 bits per heavy atom. The molecule has 0 spiro atoms. The number of nitrogens with one attached hydrogen (secondary N) is 2. The molecule has 0 bridgehead atoms. The van der Waals surface area contributed by atoms with Crippen LogP contribution >= 0.6 is 0 Å². The molecule has 0 aromatic carbocycles. The largest absolute Gasteiger partial charge is 0.378 e. The maximum absolute atomic E-state index is 11.8. The van der Waals surface area contributed by atoms with Crippen molar-refractivity contribution in [1.29, 1.82) is 0 Å². The van der Waals surface area contributed by atoms with Gasteiger partial charge >= 0.3 is 5.69 Å². The van der Waals surface area contributed by atoms with E-state index >= 15 is 0 Å². The summed E-state index contributed by atoms with van der Waals surface area (Å²) in [6.45, 7) is 2.63. The van der Waals surface area contributed by atoms with Crippen LogP contribution in [0.5, 0.6) is 0 Å². The Kier molecular flexibility index (Phi) is 3.78. The molecule has 1 fully saturated rings. The summed E-state index contributed by atoms with van der Waals surface area (Å²) >= 11 is 0. The molecule has 1 aliphatic heterocycles. The van der Waals surface area contributed by atoms with Crippen LogP contribution in [0.2, 0.25) is 0 Å². The number of hydrogen-bond acceptors (Lipinski definition) is 6. The number of ether oxygens (including phenoxy) is 1. The normalized spacial score (nSPS) is 19.8. The molecule has 8 heteroatoms. The third kappa shape index (κ3) is 2.59. The summed E-state index contributed by atoms with van der Waals surface area (Å²) in [5.74, 6) is 0.173. The maximum Gasteiger partial charge on any atom is 0.346 e. The fraction of sp³-hybridized carbons (Fsp3) is 0.700. The van der Waals surface area contributed by atoms with Crippen molar-refractivity contribution in [2.75, 3.05) is 31.6 Å². The van der Waals surface area contributed by atoms with E-state index < -0.39 is 11.2 Å². The molecular formula is C10H17N5O3. The minimum Gasteiger partial charge on any atom is -0.378 e. The first-order valence-corrected chi connectivity index (χ1v) is 5.79. The van der Waals surface area contributed by atoms with E-state index in [1.165, 1.54) is 14.1 Å². The predicted octanol–water partition coefficient (Wildman–Crippen LogP) is -2.12. The number of hydrogen-bond donors (Lipinski definition) is 2. The molecule has 100 valence electrons. The first-order chi connectivity index (χ1) is 8.59. The van der Waals surface area contributed by atoms with Crippen LogP contribution in [0.15, 0.2) is 9.59 Å². The van der Waals surface area contributed by atoms with Crippen molar-refractivity contribution in [1.82, 2.24) is 19.7 Å². The van der Waals surface area contributed by atoms with Gasteiger partial charge < -0.3 is 15.4 Å². The van der Waals surface area contributed by atoms with Crippen molar-refractivity contribution in [2.24, 2.45) is 14.1 Å². The van der Waals surface area contributed by atoms with Crippen LogP contribution in [0.25, 0.3) is 0 Å². The van der Waals surface area contributed by atoms with Gasteiger partial charge in [0.15, 0.2) is 0 Å². The van der Waals surface area contributed by atoms with Gasteiger partial charge in [0.2, 0.25) is 5.82 Å². The van der Waals surface area contributed by atoms with Crippen LogP contribution in [0, 0.1) is 0 Å². The van der Waals surface area contributed by atoms with Crippen molar-refractivity contribution >= 4 is 5.82 Å². The molecule has 0 radical (unpaired) electrons. The zero-order valence-corrected chi connectivity index (χ0v) is 10.5. The molecular weight excluding hydrogens is 238 g/mol. The van der Waals surface area contributed by atoms with Crippen molar-refractivity contribution < 1.29 is 4.74 Å². The first kappa shape index (κ1) is 12.8. The summed E-state index contributed by atoms with van der Waals surface area (Å²) in [6.07, 6.45) is 0. The fourth-order valence-corrected chi connectivity index (χ4v) is 1.78. The lowest BCUT2D eigenvalue weighted by atomic mass is 10.3. The minimum atomic E-state index is -0.440. The highest BCUT2D eigenvalue weighted by Gasteiger charge is 2.14. The standard InChI is InChI=1S/C10H17N5O3/c1-14-9(16)8(13-15(2)10(14)17)12-5-7-6-18-4-3-11-7/h7,11H,3-6H2,1-2H3,(H,12,13). The summed E-state index contributed by atoms with van der Waals surface area (Å²) in [5.41, 5.74) is -0.862.